The third kappa shape index (κ3) is 5.82. The molecule has 0 bridgehead atoms. The maximum atomic E-state index is 11.1. The molecule has 15 heavy (non-hydrogen) atoms. The number of rotatable bonds is 6. The van der Waals surface area contributed by atoms with E-state index < -0.39 is 6.04 Å². The molecule has 0 aliphatic rings. The van der Waals surface area contributed by atoms with Gasteiger partial charge in [0, 0.05) is 25.2 Å². The molecule has 0 heterocycles. The Morgan fingerprint density at radius 2 is 1.87 bits per heavy atom. The number of hydrogen-bond donors (Lipinski definition) is 4. The van der Waals surface area contributed by atoms with Crippen LogP contribution in [0.5, 0.6) is 0 Å². The van der Waals surface area contributed by atoms with Crippen LogP contribution in [0.25, 0.3) is 0 Å². The molecule has 0 unspecified atom stereocenters. The monoisotopic (exact) mass is 214 g/mol. The maximum Gasteiger partial charge on any atom is 0.246 e. The standard InChI is InChI=1S/C9H18N4O2/c1-6(2)8(14)12-3-4-13-9(15)7(11)5-10/h7H,1,3-5,10-11H2,2H3,(H,12,14)(H,13,15)/t7-/m0/s1. The summed E-state index contributed by atoms with van der Waals surface area (Å²) in [4.78, 5) is 22.1. The quantitative estimate of drug-likeness (QED) is 0.305. The minimum absolute atomic E-state index is 0.101. The first kappa shape index (κ1) is 13.6. The highest BCUT2D eigenvalue weighted by Crippen LogP contribution is 1.83. The van der Waals surface area contributed by atoms with Crippen LogP contribution in [0.2, 0.25) is 0 Å². The highest BCUT2D eigenvalue weighted by Gasteiger charge is 2.09. The van der Waals surface area contributed by atoms with Crippen molar-refractivity contribution < 1.29 is 9.59 Å². The van der Waals surface area contributed by atoms with Crippen LogP contribution in [0, 0.1) is 0 Å². The zero-order valence-corrected chi connectivity index (χ0v) is 8.88. The molecule has 6 nitrogen and oxygen atoms in total. The van der Waals surface area contributed by atoms with Gasteiger partial charge in [0.15, 0.2) is 0 Å². The summed E-state index contributed by atoms with van der Waals surface area (Å²) in [6.07, 6.45) is 0. The van der Waals surface area contributed by atoms with Gasteiger partial charge in [-0.2, -0.15) is 0 Å². The molecule has 0 fully saturated rings. The van der Waals surface area contributed by atoms with E-state index in [-0.39, 0.29) is 18.4 Å². The van der Waals surface area contributed by atoms with Gasteiger partial charge < -0.3 is 22.1 Å². The van der Waals surface area contributed by atoms with E-state index in [1.165, 1.54) is 0 Å². The van der Waals surface area contributed by atoms with E-state index in [0.717, 1.165) is 0 Å². The van der Waals surface area contributed by atoms with Crippen LogP contribution >= 0.6 is 0 Å². The zero-order chi connectivity index (χ0) is 11.8. The minimum atomic E-state index is -0.693. The topological polar surface area (TPSA) is 110 Å². The van der Waals surface area contributed by atoms with Gasteiger partial charge in [-0.25, -0.2) is 0 Å². The Labute approximate surface area is 89.1 Å². The van der Waals surface area contributed by atoms with Crippen molar-refractivity contribution in [2.45, 2.75) is 13.0 Å². The van der Waals surface area contributed by atoms with Gasteiger partial charge in [0.1, 0.15) is 0 Å². The third-order valence-electron chi connectivity index (χ3n) is 1.69. The first-order valence-corrected chi connectivity index (χ1v) is 4.66. The van der Waals surface area contributed by atoms with E-state index in [4.69, 9.17) is 11.5 Å². The summed E-state index contributed by atoms with van der Waals surface area (Å²) in [5, 5.41) is 5.11. The van der Waals surface area contributed by atoms with Crippen LogP contribution in [-0.2, 0) is 9.59 Å². The Hall–Kier alpha value is -1.40. The van der Waals surface area contributed by atoms with Crippen LogP contribution < -0.4 is 22.1 Å². The second-order valence-corrected chi connectivity index (χ2v) is 3.17. The van der Waals surface area contributed by atoms with Gasteiger partial charge in [-0.15, -0.1) is 0 Å². The fourth-order valence-electron chi connectivity index (χ4n) is 0.751. The largest absolute Gasteiger partial charge is 0.353 e. The summed E-state index contributed by atoms with van der Waals surface area (Å²) in [5.74, 6) is -0.547. The van der Waals surface area contributed by atoms with Crippen molar-refractivity contribution in [1.82, 2.24) is 10.6 Å². The van der Waals surface area contributed by atoms with E-state index in [0.29, 0.717) is 18.7 Å². The average molecular weight is 214 g/mol. The second-order valence-electron chi connectivity index (χ2n) is 3.17. The molecular formula is C9H18N4O2. The molecule has 0 aliphatic heterocycles. The lowest BCUT2D eigenvalue weighted by atomic mass is 10.3. The Bertz CT molecular complexity index is 252. The molecule has 6 N–H and O–H groups in total. The van der Waals surface area contributed by atoms with E-state index in [9.17, 15) is 9.59 Å². The Balaban J connectivity index is 3.59. The van der Waals surface area contributed by atoms with Crippen molar-refractivity contribution in [1.29, 1.82) is 0 Å². The van der Waals surface area contributed by atoms with E-state index in [1.54, 1.807) is 6.92 Å². The zero-order valence-electron chi connectivity index (χ0n) is 8.88. The summed E-state index contributed by atoms with van der Waals surface area (Å²) in [5.41, 5.74) is 11.0. The lowest BCUT2D eigenvalue weighted by Gasteiger charge is -2.10. The number of amides is 2. The second kappa shape index (κ2) is 6.97. The Morgan fingerprint density at radius 1 is 1.33 bits per heavy atom. The number of carbonyl (C=O) groups excluding carboxylic acids is 2. The van der Waals surface area contributed by atoms with Crippen LogP contribution in [0.3, 0.4) is 0 Å². The first-order chi connectivity index (χ1) is 6.99. The summed E-state index contributed by atoms with van der Waals surface area (Å²) >= 11 is 0. The van der Waals surface area contributed by atoms with Crippen molar-refractivity contribution in [3.8, 4) is 0 Å². The van der Waals surface area contributed by atoms with Crippen LogP contribution in [0.1, 0.15) is 6.92 Å². The lowest BCUT2D eigenvalue weighted by Crippen LogP contribution is -2.47. The van der Waals surface area contributed by atoms with Crippen molar-refractivity contribution in [3.05, 3.63) is 12.2 Å². The van der Waals surface area contributed by atoms with Crippen LogP contribution in [0.4, 0.5) is 0 Å². The van der Waals surface area contributed by atoms with Crippen molar-refractivity contribution >= 4 is 11.8 Å². The highest BCUT2D eigenvalue weighted by atomic mass is 16.2. The van der Waals surface area contributed by atoms with Gasteiger partial charge in [-0.3, -0.25) is 9.59 Å². The average Bonchev–Trinajstić information content (AvgIpc) is 2.22. The molecule has 1 atom stereocenters. The fraction of sp³-hybridized carbons (Fsp3) is 0.556. The number of hydrogen-bond acceptors (Lipinski definition) is 4. The highest BCUT2D eigenvalue weighted by molar-refractivity contribution is 5.92. The van der Waals surface area contributed by atoms with Gasteiger partial charge in [0.2, 0.25) is 11.8 Å². The van der Waals surface area contributed by atoms with Gasteiger partial charge in [-0.05, 0) is 6.92 Å². The predicted molar refractivity (Wildman–Crippen MR) is 57.9 cm³/mol. The van der Waals surface area contributed by atoms with Gasteiger partial charge in [0.25, 0.3) is 0 Å². The molecule has 6 heteroatoms. The summed E-state index contributed by atoms with van der Waals surface area (Å²) in [6, 6.07) is -0.693. The number of nitrogens with one attached hydrogen (secondary N) is 2. The molecular weight excluding hydrogens is 196 g/mol. The summed E-state index contributed by atoms with van der Waals surface area (Å²) in [6.45, 7) is 5.85. The molecule has 0 saturated carbocycles. The minimum Gasteiger partial charge on any atom is -0.353 e. The molecule has 0 spiro atoms. The molecule has 86 valence electrons. The Kier molecular flexibility index (Phi) is 6.32. The third-order valence-corrected chi connectivity index (χ3v) is 1.69. The van der Waals surface area contributed by atoms with Crippen LogP contribution in [0.15, 0.2) is 12.2 Å². The lowest BCUT2D eigenvalue weighted by molar-refractivity contribution is -0.122. The van der Waals surface area contributed by atoms with Gasteiger partial charge in [-0.1, -0.05) is 6.58 Å². The van der Waals surface area contributed by atoms with Gasteiger partial charge in [0.05, 0.1) is 6.04 Å². The molecule has 0 saturated heterocycles. The summed E-state index contributed by atoms with van der Waals surface area (Å²) in [7, 11) is 0. The number of nitrogens with two attached hydrogens (primary N) is 2. The molecule has 0 radical (unpaired) electrons. The summed E-state index contributed by atoms with van der Waals surface area (Å²) < 4.78 is 0. The van der Waals surface area contributed by atoms with Gasteiger partial charge >= 0.3 is 0 Å². The molecule has 0 aromatic heterocycles. The van der Waals surface area contributed by atoms with Crippen molar-refractivity contribution in [3.63, 3.8) is 0 Å². The van der Waals surface area contributed by atoms with E-state index in [1.807, 2.05) is 0 Å². The SMILES string of the molecule is C=C(C)C(=O)NCCNC(=O)[C@@H](N)CN. The molecule has 0 aliphatic carbocycles. The van der Waals surface area contributed by atoms with E-state index >= 15 is 0 Å². The van der Waals surface area contributed by atoms with E-state index in [2.05, 4.69) is 17.2 Å². The predicted octanol–water partition coefficient (Wildman–Crippen LogP) is -1.92. The smallest absolute Gasteiger partial charge is 0.246 e. The maximum absolute atomic E-state index is 11.1. The van der Waals surface area contributed by atoms with Crippen molar-refractivity contribution in [2.75, 3.05) is 19.6 Å². The fourth-order valence-corrected chi connectivity index (χ4v) is 0.751. The van der Waals surface area contributed by atoms with Crippen molar-refractivity contribution in [2.24, 2.45) is 11.5 Å². The molecule has 0 rings (SSSR count). The molecule has 0 aromatic carbocycles. The molecule has 0 aromatic rings. The first-order valence-electron chi connectivity index (χ1n) is 4.66. The number of carbonyl (C=O) groups is 2. The molecule has 2 amide bonds. The normalized spacial score (nSPS) is 11.7. The van der Waals surface area contributed by atoms with Crippen LogP contribution in [-0.4, -0.2) is 37.5 Å². The Morgan fingerprint density at radius 3 is 2.33 bits per heavy atom.